The number of hydrogen-bond acceptors (Lipinski definition) is 5. The highest BCUT2D eigenvalue weighted by Gasteiger charge is 2.17. The molecule has 0 radical (unpaired) electrons. The van der Waals surface area contributed by atoms with Crippen LogP contribution >= 0.6 is 11.6 Å². The maximum Gasteiger partial charge on any atom is 0.183 e. The number of benzene rings is 1. The lowest BCUT2D eigenvalue weighted by Crippen LogP contribution is -1.88. The highest BCUT2D eigenvalue weighted by atomic mass is 35.5. The number of nitrogens with zero attached hydrogens (tertiary/aromatic N) is 4. The van der Waals surface area contributed by atoms with Gasteiger partial charge >= 0.3 is 0 Å². The second kappa shape index (κ2) is 6.72. The normalized spacial score (nSPS) is 11.8. The fraction of sp³-hybridized carbons (Fsp3) is 0.278. The Balaban J connectivity index is 2.15. The van der Waals surface area contributed by atoms with Crippen molar-refractivity contribution < 1.29 is 9.84 Å². The van der Waals surface area contributed by atoms with Crippen LogP contribution in [0.3, 0.4) is 0 Å². The minimum atomic E-state index is 0.103. The Kier molecular flexibility index (Phi) is 4.63. The Morgan fingerprint density at radius 1 is 1.28 bits per heavy atom. The molecule has 25 heavy (non-hydrogen) atoms. The first-order valence-electron chi connectivity index (χ1n) is 7.88. The Bertz CT molecular complexity index is 963. The predicted molar refractivity (Wildman–Crippen MR) is 97.9 cm³/mol. The summed E-state index contributed by atoms with van der Waals surface area (Å²) >= 11 is 6.13. The summed E-state index contributed by atoms with van der Waals surface area (Å²) < 4.78 is 7.06. The summed E-state index contributed by atoms with van der Waals surface area (Å²) in [4.78, 5) is 4.51. The van der Waals surface area contributed by atoms with Crippen molar-refractivity contribution in [1.82, 2.24) is 9.38 Å². The number of hydrogen-bond donors (Lipinski definition) is 1. The van der Waals surface area contributed by atoms with E-state index < -0.39 is 0 Å². The van der Waals surface area contributed by atoms with Crippen LogP contribution in [0.5, 0.6) is 11.5 Å². The molecule has 0 unspecified atom stereocenters. The summed E-state index contributed by atoms with van der Waals surface area (Å²) in [5, 5.41) is 19.4. The second-order valence-electron chi connectivity index (χ2n) is 6.04. The van der Waals surface area contributed by atoms with Crippen molar-refractivity contribution in [2.45, 2.75) is 26.7 Å². The summed E-state index contributed by atoms with van der Waals surface area (Å²) in [6.45, 7) is 5.93. The Hall–Kier alpha value is -2.60. The van der Waals surface area contributed by atoms with Crippen molar-refractivity contribution in [3.05, 3.63) is 46.7 Å². The number of methoxy groups -OCH3 is 1. The van der Waals surface area contributed by atoms with Crippen LogP contribution in [0.2, 0.25) is 5.02 Å². The Morgan fingerprint density at radius 2 is 2.04 bits per heavy atom. The molecule has 0 atom stereocenters. The minimum absolute atomic E-state index is 0.103. The van der Waals surface area contributed by atoms with E-state index in [1.165, 1.54) is 0 Å². The molecule has 0 saturated heterocycles. The number of rotatable bonds is 4. The van der Waals surface area contributed by atoms with E-state index in [9.17, 15) is 5.11 Å². The Morgan fingerprint density at radius 3 is 2.72 bits per heavy atom. The first-order valence-corrected chi connectivity index (χ1v) is 8.26. The van der Waals surface area contributed by atoms with Crippen LogP contribution in [0, 0.1) is 6.92 Å². The van der Waals surface area contributed by atoms with Crippen molar-refractivity contribution in [3.63, 3.8) is 0 Å². The third-order valence-corrected chi connectivity index (χ3v) is 4.30. The summed E-state index contributed by atoms with van der Waals surface area (Å²) in [5.41, 5.74) is 2.68. The van der Waals surface area contributed by atoms with Crippen LogP contribution in [-0.4, -0.2) is 21.6 Å². The van der Waals surface area contributed by atoms with E-state index in [0.717, 1.165) is 11.3 Å². The first kappa shape index (κ1) is 17.2. The van der Waals surface area contributed by atoms with Crippen LogP contribution < -0.4 is 4.74 Å². The number of pyridine rings is 1. The van der Waals surface area contributed by atoms with Gasteiger partial charge in [0.05, 0.1) is 12.8 Å². The third kappa shape index (κ3) is 3.17. The molecule has 3 aromatic rings. The monoisotopic (exact) mass is 358 g/mol. The van der Waals surface area contributed by atoms with Gasteiger partial charge in [-0.3, -0.25) is 4.40 Å². The number of aromatic hydroxyl groups is 1. The van der Waals surface area contributed by atoms with Gasteiger partial charge < -0.3 is 9.84 Å². The largest absolute Gasteiger partial charge is 0.504 e. The molecule has 0 aliphatic carbocycles. The van der Waals surface area contributed by atoms with E-state index in [4.69, 9.17) is 16.3 Å². The van der Waals surface area contributed by atoms with Crippen molar-refractivity contribution in [2.24, 2.45) is 10.2 Å². The van der Waals surface area contributed by atoms with Crippen molar-refractivity contribution >= 4 is 28.8 Å². The van der Waals surface area contributed by atoms with Crippen LogP contribution in [0.4, 0.5) is 11.5 Å². The maximum absolute atomic E-state index is 10.0. The molecule has 1 N–H and O–H groups in total. The number of imidazole rings is 1. The van der Waals surface area contributed by atoms with E-state index in [-0.39, 0.29) is 11.7 Å². The van der Waals surface area contributed by atoms with E-state index in [2.05, 4.69) is 15.2 Å². The molecule has 0 saturated carbocycles. The standard InChI is InChI=1S/C18H19ClN4O2/c1-10(2)16-18(23-7-5-6-14(24)17(23)20-16)22-21-13-8-11(3)12(19)9-15(13)25-4/h5-10,24H,1-4H3. The summed E-state index contributed by atoms with van der Waals surface area (Å²) in [6, 6.07) is 6.87. The number of azo groups is 1. The zero-order valence-corrected chi connectivity index (χ0v) is 15.2. The van der Waals surface area contributed by atoms with Crippen LogP contribution in [-0.2, 0) is 0 Å². The molecule has 130 valence electrons. The highest BCUT2D eigenvalue weighted by Crippen LogP contribution is 2.36. The smallest absolute Gasteiger partial charge is 0.183 e. The van der Waals surface area contributed by atoms with E-state index >= 15 is 0 Å². The molecule has 0 fully saturated rings. The number of aromatic nitrogens is 2. The van der Waals surface area contributed by atoms with E-state index in [0.29, 0.717) is 27.9 Å². The molecule has 7 heteroatoms. The molecule has 3 rings (SSSR count). The topological polar surface area (TPSA) is 71.5 Å². The van der Waals surface area contributed by atoms with Gasteiger partial charge in [0.25, 0.3) is 0 Å². The molecule has 0 amide bonds. The summed E-state index contributed by atoms with van der Waals surface area (Å²) in [5.74, 6) is 1.35. The number of fused-ring (bicyclic) bond motifs is 1. The molecule has 1 aromatic carbocycles. The molecule has 0 aliphatic rings. The minimum Gasteiger partial charge on any atom is -0.504 e. The van der Waals surface area contributed by atoms with Crippen molar-refractivity contribution in [1.29, 1.82) is 0 Å². The maximum atomic E-state index is 10.0. The molecule has 0 spiro atoms. The van der Waals surface area contributed by atoms with E-state index in [1.54, 1.807) is 35.9 Å². The average Bonchev–Trinajstić information content (AvgIpc) is 2.96. The SMILES string of the molecule is COc1cc(Cl)c(C)cc1N=Nc1c(C(C)C)nc2c(O)cccn12. The van der Waals surface area contributed by atoms with Gasteiger partial charge in [0.2, 0.25) is 0 Å². The van der Waals surface area contributed by atoms with Gasteiger partial charge in [-0.15, -0.1) is 10.2 Å². The predicted octanol–water partition coefficient (Wildman–Crippen LogP) is 5.55. The number of aryl methyl sites for hydroxylation is 1. The lowest BCUT2D eigenvalue weighted by atomic mass is 10.1. The first-order chi connectivity index (χ1) is 11.9. The van der Waals surface area contributed by atoms with Crippen molar-refractivity contribution in [3.8, 4) is 11.5 Å². The lowest BCUT2D eigenvalue weighted by Gasteiger charge is -2.07. The fourth-order valence-corrected chi connectivity index (χ4v) is 2.69. The van der Waals surface area contributed by atoms with Gasteiger partial charge in [-0.05, 0) is 36.6 Å². The molecule has 2 aromatic heterocycles. The average molecular weight is 359 g/mol. The van der Waals surface area contributed by atoms with Gasteiger partial charge in [0.1, 0.15) is 11.4 Å². The molecular weight excluding hydrogens is 340 g/mol. The zero-order valence-electron chi connectivity index (χ0n) is 14.5. The van der Waals surface area contributed by atoms with Crippen LogP contribution in [0.15, 0.2) is 40.7 Å². The van der Waals surface area contributed by atoms with Crippen molar-refractivity contribution in [2.75, 3.05) is 7.11 Å². The number of ether oxygens (including phenoxy) is 1. The fourth-order valence-electron chi connectivity index (χ4n) is 2.54. The molecule has 2 heterocycles. The highest BCUT2D eigenvalue weighted by molar-refractivity contribution is 6.31. The van der Waals surface area contributed by atoms with Gasteiger partial charge in [0, 0.05) is 17.3 Å². The molecule has 0 bridgehead atoms. The van der Waals surface area contributed by atoms with Gasteiger partial charge in [-0.2, -0.15) is 0 Å². The quantitative estimate of drug-likeness (QED) is 0.621. The molecular formula is C18H19ClN4O2. The van der Waals surface area contributed by atoms with E-state index in [1.807, 2.05) is 26.8 Å². The van der Waals surface area contributed by atoms with Crippen LogP contribution in [0.1, 0.15) is 31.0 Å². The number of halogens is 1. The molecule has 0 aliphatic heterocycles. The van der Waals surface area contributed by atoms with Gasteiger partial charge in [-0.25, -0.2) is 4.98 Å². The van der Waals surface area contributed by atoms with Gasteiger partial charge in [-0.1, -0.05) is 25.4 Å². The summed E-state index contributed by atoms with van der Waals surface area (Å²) in [6.07, 6.45) is 1.80. The molecule has 6 nitrogen and oxygen atoms in total. The third-order valence-electron chi connectivity index (χ3n) is 3.89. The lowest BCUT2D eigenvalue weighted by molar-refractivity contribution is 0.416. The summed E-state index contributed by atoms with van der Waals surface area (Å²) in [7, 11) is 1.56. The zero-order chi connectivity index (χ0) is 18.1. The second-order valence-corrected chi connectivity index (χ2v) is 6.44. The Labute approximate surface area is 150 Å². The van der Waals surface area contributed by atoms with Crippen LogP contribution in [0.25, 0.3) is 5.65 Å². The van der Waals surface area contributed by atoms with Gasteiger partial charge in [0.15, 0.2) is 17.2 Å².